The van der Waals surface area contributed by atoms with Crippen LogP contribution in [0, 0.1) is 0 Å². The third-order valence-electron chi connectivity index (χ3n) is 2.44. The van der Waals surface area contributed by atoms with Gasteiger partial charge in [0.15, 0.2) is 0 Å². The predicted molar refractivity (Wildman–Crippen MR) is 65.2 cm³/mol. The Hall–Kier alpha value is -1.77. The SMILES string of the molecule is CC(C)NC(=O)Cn1ccc2ccccc21. The van der Waals surface area contributed by atoms with Gasteiger partial charge in [0.1, 0.15) is 6.54 Å². The number of para-hydroxylation sites is 1. The van der Waals surface area contributed by atoms with Crippen LogP contribution in [-0.4, -0.2) is 16.5 Å². The van der Waals surface area contributed by atoms with Gasteiger partial charge in [0.2, 0.25) is 5.91 Å². The second-order valence-electron chi connectivity index (χ2n) is 4.22. The van der Waals surface area contributed by atoms with Crippen molar-refractivity contribution >= 4 is 16.8 Å². The molecule has 0 radical (unpaired) electrons. The van der Waals surface area contributed by atoms with Crippen LogP contribution in [0.4, 0.5) is 0 Å². The van der Waals surface area contributed by atoms with Crippen molar-refractivity contribution in [3.8, 4) is 0 Å². The van der Waals surface area contributed by atoms with Gasteiger partial charge in [-0.1, -0.05) is 18.2 Å². The second-order valence-corrected chi connectivity index (χ2v) is 4.22. The van der Waals surface area contributed by atoms with Crippen molar-refractivity contribution in [1.29, 1.82) is 0 Å². The molecule has 2 rings (SSSR count). The maximum Gasteiger partial charge on any atom is 0.240 e. The van der Waals surface area contributed by atoms with Crippen LogP contribution in [0.2, 0.25) is 0 Å². The molecular weight excluding hydrogens is 200 g/mol. The monoisotopic (exact) mass is 216 g/mol. The summed E-state index contributed by atoms with van der Waals surface area (Å²) < 4.78 is 1.97. The van der Waals surface area contributed by atoms with Crippen LogP contribution in [-0.2, 0) is 11.3 Å². The summed E-state index contributed by atoms with van der Waals surface area (Å²) in [6, 6.07) is 10.3. The summed E-state index contributed by atoms with van der Waals surface area (Å²) >= 11 is 0. The van der Waals surface area contributed by atoms with Crippen molar-refractivity contribution in [2.45, 2.75) is 26.4 Å². The molecule has 0 fully saturated rings. The van der Waals surface area contributed by atoms with Gasteiger partial charge in [-0.2, -0.15) is 0 Å². The van der Waals surface area contributed by atoms with Crippen LogP contribution >= 0.6 is 0 Å². The van der Waals surface area contributed by atoms with E-state index >= 15 is 0 Å². The zero-order chi connectivity index (χ0) is 11.5. The van der Waals surface area contributed by atoms with E-state index in [0.29, 0.717) is 6.54 Å². The number of carbonyl (C=O) groups is 1. The first kappa shape index (κ1) is 10.7. The maximum atomic E-state index is 11.6. The van der Waals surface area contributed by atoms with Crippen molar-refractivity contribution in [2.24, 2.45) is 0 Å². The van der Waals surface area contributed by atoms with Crippen LogP contribution in [0.3, 0.4) is 0 Å². The number of hydrogen-bond acceptors (Lipinski definition) is 1. The molecule has 0 aliphatic heterocycles. The molecule has 1 aromatic heterocycles. The molecule has 0 aliphatic carbocycles. The van der Waals surface area contributed by atoms with Gasteiger partial charge in [-0.05, 0) is 31.4 Å². The van der Waals surface area contributed by atoms with E-state index in [2.05, 4.69) is 5.32 Å². The highest BCUT2D eigenvalue weighted by Crippen LogP contribution is 2.14. The minimum absolute atomic E-state index is 0.0522. The van der Waals surface area contributed by atoms with Crippen molar-refractivity contribution in [3.63, 3.8) is 0 Å². The minimum Gasteiger partial charge on any atom is -0.352 e. The van der Waals surface area contributed by atoms with Gasteiger partial charge < -0.3 is 9.88 Å². The van der Waals surface area contributed by atoms with Gasteiger partial charge in [0.05, 0.1) is 0 Å². The Morgan fingerprint density at radius 1 is 1.31 bits per heavy atom. The first-order valence-electron chi connectivity index (χ1n) is 5.50. The molecule has 0 aliphatic rings. The summed E-state index contributed by atoms with van der Waals surface area (Å²) in [5, 5.41) is 4.05. The van der Waals surface area contributed by atoms with Crippen molar-refractivity contribution in [1.82, 2.24) is 9.88 Å². The Labute approximate surface area is 95.1 Å². The lowest BCUT2D eigenvalue weighted by Crippen LogP contribution is -2.32. The molecule has 1 heterocycles. The number of rotatable bonds is 3. The molecule has 3 nitrogen and oxygen atoms in total. The Balaban J connectivity index is 2.18. The Kier molecular flexibility index (Phi) is 2.95. The normalized spacial score (nSPS) is 10.9. The minimum atomic E-state index is 0.0522. The van der Waals surface area contributed by atoms with E-state index in [-0.39, 0.29) is 11.9 Å². The number of nitrogens with zero attached hydrogens (tertiary/aromatic N) is 1. The Bertz CT molecular complexity index is 499. The van der Waals surface area contributed by atoms with E-state index < -0.39 is 0 Å². The molecule has 0 bridgehead atoms. The number of nitrogens with one attached hydrogen (secondary N) is 1. The Morgan fingerprint density at radius 3 is 2.81 bits per heavy atom. The zero-order valence-corrected chi connectivity index (χ0v) is 9.60. The lowest BCUT2D eigenvalue weighted by Gasteiger charge is -2.09. The van der Waals surface area contributed by atoms with Gasteiger partial charge in [-0.15, -0.1) is 0 Å². The number of aromatic nitrogens is 1. The number of fused-ring (bicyclic) bond motifs is 1. The number of carbonyl (C=O) groups excluding carboxylic acids is 1. The first-order chi connectivity index (χ1) is 7.66. The summed E-state index contributed by atoms with van der Waals surface area (Å²) in [5.74, 6) is 0.0522. The van der Waals surface area contributed by atoms with Gasteiger partial charge >= 0.3 is 0 Å². The molecule has 1 amide bonds. The molecule has 3 heteroatoms. The predicted octanol–water partition coefficient (Wildman–Crippen LogP) is 2.17. The fraction of sp³-hybridized carbons (Fsp3) is 0.308. The lowest BCUT2D eigenvalue weighted by atomic mass is 10.2. The second kappa shape index (κ2) is 4.39. The number of hydrogen-bond donors (Lipinski definition) is 1. The van der Waals surface area contributed by atoms with E-state index in [1.54, 1.807) is 0 Å². The quantitative estimate of drug-likeness (QED) is 0.838. The molecule has 0 unspecified atom stereocenters. The Morgan fingerprint density at radius 2 is 2.06 bits per heavy atom. The van der Waals surface area contributed by atoms with Crippen molar-refractivity contribution in [2.75, 3.05) is 0 Å². The molecule has 0 saturated carbocycles. The smallest absolute Gasteiger partial charge is 0.240 e. The fourth-order valence-electron chi connectivity index (χ4n) is 1.80. The van der Waals surface area contributed by atoms with E-state index in [4.69, 9.17) is 0 Å². The van der Waals surface area contributed by atoms with E-state index in [1.807, 2.05) is 54.9 Å². The van der Waals surface area contributed by atoms with E-state index in [9.17, 15) is 4.79 Å². The topological polar surface area (TPSA) is 34.0 Å². The molecule has 2 aromatic rings. The van der Waals surface area contributed by atoms with Gasteiger partial charge in [0, 0.05) is 17.8 Å². The van der Waals surface area contributed by atoms with E-state index in [1.165, 1.54) is 5.39 Å². The standard InChI is InChI=1S/C13H16N2O/c1-10(2)14-13(16)9-15-8-7-11-5-3-4-6-12(11)15/h3-8,10H,9H2,1-2H3,(H,14,16). The average Bonchev–Trinajstić information content (AvgIpc) is 2.61. The van der Waals surface area contributed by atoms with Crippen molar-refractivity contribution in [3.05, 3.63) is 36.5 Å². The lowest BCUT2D eigenvalue weighted by molar-refractivity contribution is -0.122. The third kappa shape index (κ3) is 2.24. The first-order valence-corrected chi connectivity index (χ1v) is 5.50. The van der Waals surface area contributed by atoms with E-state index in [0.717, 1.165) is 5.52 Å². The fourth-order valence-corrected chi connectivity index (χ4v) is 1.80. The molecule has 0 saturated heterocycles. The number of benzene rings is 1. The molecule has 84 valence electrons. The summed E-state index contributed by atoms with van der Waals surface area (Å²) in [6.45, 7) is 4.31. The van der Waals surface area contributed by atoms with Crippen molar-refractivity contribution < 1.29 is 4.79 Å². The third-order valence-corrected chi connectivity index (χ3v) is 2.44. The van der Waals surface area contributed by atoms with Crippen LogP contribution < -0.4 is 5.32 Å². The van der Waals surface area contributed by atoms with Gasteiger partial charge in [0.25, 0.3) is 0 Å². The largest absolute Gasteiger partial charge is 0.352 e. The van der Waals surface area contributed by atoms with Crippen LogP contribution in [0.1, 0.15) is 13.8 Å². The van der Waals surface area contributed by atoms with Gasteiger partial charge in [-0.25, -0.2) is 0 Å². The van der Waals surface area contributed by atoms with Crippen LogP contribution in [0.25, 0.3) is 10.9 Å². The summed E-state index contributed by atoms with van der Waals surface area (Å²) in [4.78, 5) is 11.6. The van der Waals surface area contributed by atoms with Gasteiger partial charge in [-0.3, -0.25) is 4.79 Å². The maximum absolute atomic E-state index is 11.6. The number of amides is 1. The average molecular weight is 216 g/mol. The highest BCUT2D eigenvalue weighted by molar-refractivity contribution is 5.83. The molecule has 1 N–H and O–H groups in total. The summed E-state index contributed by atoms with van der Waals surface area (Å²) in [5.41, 5.74) is 1.10. The highest BCUT2D eigenvalue weighted by Gasteiger charge is 2.06. The summed E-state index contributed by atoms with van der Waals surface area (Å²) in [7, 11) is 0. The highest BCUT2D eigenvalue weighted by atomic mass is 16.2. The van der Waals surface area contributed by atoms with Crippen LogP contribution in [0.5, 0.6) is 0 Å². The zero-order valence-electron chi connectivity index (χ0n) is 9.60. The molecule has 0 spiro atoms. The molecule has 16 heavy (non-hydrogen) atoms. The molecule has 1 aromatic carbocycles. The molecule has 0 atom stereocenters. The summed E-state index contributed by atoms with van der Waals surface area (Å²) in [6.07, 6.45) is 1.95. The van der Waals surface area contributed by atoms with Crippen LogP contribution in [0.15, 0.2) is 36.5 Å². The molecular formula is C13H16N2O.